The van der Waals surface area contributed by atoms with E-state index in [9.17, 15) is 18.0 Å². The van der Waals surface area contributed by atoms with Crippen molar-refractivity contribution in [2.45, 2.75) is 24.8 Å². The summed E-state index contributed by atoms with van der Waals surface area (Å²) in [5.74, 6) is 0.253. The first-order valence-electron chi connectivity index (χ1n) is 12.1. The van der Waals surface area contributed by atoms with E-state index in [4.69, 9.17) is 14.2 Å². The number of nitrogens with zero attached hydrogens (tertiary/aromatic N) is 3. The van der Waals surface area contributed by atoms with Crippen LogP contribution in [0.1, 0.15) is 23.7 Å². The largest absolute Gasteiger partial charge is 0.466 e. The topological polar surface area (TPSA) is 117 Å². The smallest absolute Gasteiger partial charge is 0.307 e. The fraction of sp³-hybridized carbons (Fsp3) is 0.222. The van der Waals surface area contributed by atoms with Crippen LogP contribution in [0.2, 0.25) is 0 Å². The average Bonchev–Trinajstić information content (AvgIpc) is 3.53. The minimum Gasteiger partial charge on any atom is -0.466 e. The summed E-state index contributed by atoms with van der Waals surface area (Å²) in [7, 11) is -2.35. The van der Waals surface area contributed by atoms with E-state index in [1.54, 1.807) is 47.9 Å². The Labute approximate surface area is 228 Å². The number of fused-ring (bicyclic) bond motifs is 2. The van der Waals surface area contributed by atoms with Crippen molar-refractivity contribution >= 4 is 49.1 Å². The van der Waals surface area contributed by atoms with Gasteiger partial charge in [0.25, 0.3) is 15.9 Å². The maximum atomic E-state index is 13.1. The Morgan fingerprint density at radius 2 is 1.74 bits per heavy atom. The number of esters is 1. The first kappa shape index (κ1) is 26.4. The zero-order valence-corrected chi connectivity index (χ0v) is 22.8. The molecule has 1 amide bonds. The second-order valence-electron chi connectivity index (χ2n) is 8.51. The zero-order chi connectivity index (χ0) is 27.6. The van der Waals surface area contributed by atoms with Gasteiger partial charge in [-0.05, 0) is 43.3 Å². The van der Waals surface area contributed by atoms with E-state index >= 15 is 0 Å². The number of thiazole rings is 1. The molecule has 0 saturated heterocycles. The predicted molar refractivity (Wildman–Crippen MR) is 146 cm³/mol. The lowest BCUT2D eigenvalue weighted by molar-refractivity contribution is -0.143. The number of carbonyl (C=O) groups excluding carboxylic acids is 2. The zero-order valence-electron chi connectivity index (χ0n) is 21.2. The summed E-state index contributed by atoms with van der Waals surface area (Å²) in [6.45, 7) is 2.38. The third kappa shape index (κ3) is 5.38. The summed E-state index contributed by atoms with van der Waals surface area (Å²) in [5, 5.41) is 0. The van der Waals surface area contributed by atoms with Crippen LogP contribution >= 0.6 is 11.3 Å². The summed E-state index contributed by atoms with van der Waals surface area (Å²) < 4.78 is 45.9. The molecule has 1 aliphatic rings. The SMILES string of the molecule is CCOC(=O)CCn1c(=NC(=O)c2ccc(S(=O)(=O)N(C)c3ccccc3)cc2)sc2cc3c(cc21)OCO3. The lowest BCUT2D eigenvalue weighted by Gasteiger charge is -2.19. The van der Waals surface area contributed by atoms with Gasteiger partial charge in [0.1, 0.15) is 0 Å². The Kier molecular flexibility index (Phi) is 7.40. The number of rotatable bonds is 8. The maximum absolute atomic E-state index is 13.1. The number of carbonyl (C=O) groups is 2. The van der Waals surface area contributed by atoms with Crippen LogP contribution in [-0.2, 0) is 26.1 Å². The van der Waals surface area contributed by atoms with Crippen molar-refractivity contribution in [2.24, 2.45) is 4.99 Å². The molecule has 1 aliphatic heterocycles. The van der Waals surface area contributed by atoms with Crippen LogP contribution in [0.3, 0.4) is 0 Å². The Morgan fingerprint density at radius 3 is 2.44 bits per heavy atom. The first-order chi connectivity index (χ1) is 18.8. The number of sulfonamides is 1. The molecule has 4 aromatic rings. The van der Waals surface area contributed by atoms with Gasteiger partial charge in [0, 0.05) is 31.3 Å². The molecule has 12 heteroatoms. The molecule has 3 aromatic carbocycles. The van der Waals surface area contributed by atoms with Crippen LogP contribution < -0.4 is 18.6 Å². The molecule has 0 radical (unpaired) electrons. The van der Waals surface area contributed by atoms with Gasteiger partial charge in [0.05, 0.1) is 33.8 Å². The molecule has 0 spiro atoms. The monoisotopic (exact) mass is 567 g/mol. The highest BCUT2D eigenvalue weighted by Gasteiger charge is 2.22. The standard InChI is InChI=1S/C27H25N3O7S2/c1-3-35-25(31)13-14-30-21-15-22-23(37-17-36-22)16-24(21)38-27(30)28-26(32)18-9-11-20(12-10-18)39(33,34)29(2)19-7-5-4-6-8-19/h4-12,15-16H,3,13-14,17H2,1-2H3. The van der Waals surface area contributed by atoms with Crippen molar-refractivity contribution in [1.82, 2.24) is 4.57 Å². The van der Waals surface area contributed by atoms with Crippen LogP contribution in [-0.4, -0.2) is 45.3 Å². The summed E-state index contributed by atoms with van der Waals surface area (Å²) in [6.07, 6.45) is 0.0942. The van der Waals surface area contributed by atoms with Crippen molar-refractivity contribution in [3.63, 3.8) is 0 Å². The Morgan fingerprint density at radius 1 is 1.05 bits per heavy atom. The third-order valence-corrected chi connectivity index (χ3v) is 8.94. The van der Waals surface area contributed by atoms with Gasteiger partial charge in [-0.2, -0.15) is 4.99 Å². The number of ether oxygens (including phenoxy) is 3. The van der Waals surface area contributed by atoms with Crippen molar-refractivity contribution in [3.05, 3.63) is 77.1 Å². The van der Waals surface area contributed by atoms with Crippen LogP contribution in [0.25, 0.3) is 10.2 Å². The van der Waals surface area contributed by atoms with Gasteiger partial charge in [-0.1, -0.05) is 29.5 Å². The predicted octanol–water partition coefficient (Wildman–Crippen LogP) is 3.95. The summed E-state index contributed by atoms with van der Waals surface area (Å²) in [4.78, 5) is 29.9. The normalized spacial score (nSPS) is 13.0. The number of aromatic nitrogens is 1. The second-order valence-corrected chi connectivity index (χ2v) is 11.5. The van der Waals surface area contributed by atoms with Gasteiger partial charge in [0.15, 0.2) is 16.3 Å². The highest BCUT2D eigenvalue weighted by atomic mass is 32.2. The molecule has 0 N–H and O–H groups in total. The first-order valence-corrected chi connectivity index (χ1v) is 14.4. The second kappa shape index (κ2) is 10.9. The van der Waals surface area contributed by atoms with E-state index in [0.29, 0.717) is 22.0 Å². The van der Waals surface area contributed by atoms with Gasteiger partial charge >= 0.3 is 5.97 Å². The van der Waals surface area contributed by atoms with Gasteiger partial charge < -0.3 is 18.8 Å². The summed E-state index contributed by atoms with van der Waals surface area (Å²) in [6, 6.07) is 18.0. The van der Waals surface area contributed by atoms with E-state index in [2.05, 4.69) is 4.99 Å². The molecule has 0 unspecified atom stereocenters. The number of hydrogen-bond donors (Lipinski definition) is 0. The quantitative estimate of drug-likeness (QED) is 0.296. The minimum absolute atomic E-state index is 0.0475. The van der Waals surface area contributed by atoms with Crippen LogP contribution in [0.4, 0.5) is 5.69 Å². The van der Waals surface area contributed by atoms with Crippen molar-refractivity contribution in [3.8, 4) is 11.5 Å². The lowest BCUT2D eigenvalue weighted by atomic mass is 10.2. The van der Waals surface area contributed by atoms with E-state index in [-0.39, 0.29) is 42.8 Å². The number of anilines is 1. The molecule has 0 atom stereocenters. The Balaban J connectivity index is 1.46. The number of hydrogen-bond acceptors (Lipinski definition) is 8. The summed E-state index contributed by atoms with van der Waals surface area (Å²) >= 11 is 1.27. The van der Waals surface area contributed by atoms with Crippen molar-refractivity contribution in [2.75, 3.05) is 24.8 Å². The Bertz CT molecular complexity index is 1710. The number of amides is 1. The average molecular weight is 568 g/mol. The number of aryl methyl sites for hydroxylation is 1. The molecular weight excluding hydrogens is 542 g/mol. The lowest BCUT2D eigenvalue weighted by Crippen LogP contribution is -2.26. The molecular formula is C27H25N3O7S2. The number of para-hydroxylation sites is 1. The van der Waals surface area contributed by atoms with Gasteiger partial charge in [-0.15, -0.1) is 0 Å². The Hall–Kier alpha value is -4.16. The minimum atomic E-state index is -3.82. The molecule has 1 aromatic heterocycles. The highest BCUT2D eigenvalue weighted by Crippen LogP contribution is 2.37. The molecule has 2 heterocycles. The van der Waals surface area contributed by atoms with Gasteiger partial charge in [-0.25, -0.2) is 8.42 Å². The fourth-order valence-corrected chi connectivity index (χ4v) is 6.31. The van der Waals surface area contributed by atoms with Crippen molar-refractivity contribution < 1.29 is 32.2 Å². The molecule has 39 heavy (non-hydrogen) atoms. The molecule has 0 saturated carbocycles. The van der Waals surface area contributed by atoms with Gasteiger partial charge in [-0.3, -0.25) is 13.9 Å². The van der Waals surface area contributed by atoms with Gasteiger partial charge in [0.2, 0.25) is 6.79 Å². The van der Waals surface area contributed by atoms with E-state index in [1.807, 2.05) is 6.07 Å². The van der Waals surface area contributed by atoms with E-state index in [1.165, 1.54) is 47.0 Å². The third-order valence-electron chi connectivity index (χ3n) is 6.10. The van der Waals surface area contributed by atoms with Crippen molar-refractivity contribution in [1.29, 1.82) is 0 Å². The van der Waals surface area contributed by atoms with Crippen LogP contribution in [0, 0.1) is 0 Å². The number of benzene rings is 3. The molecule has 0 fully saturated rings. The molecule has 5 rings (SSSR count). The maximum Gasteiger partial charge on any atom is 0.307 e. The van der Waals surface area contributed by atoms with E-state index in [0.717, 1.165) is 10.2 Å². The summed E-state index contributed by atoms with van der Waals surface area (Å²) in [5.41, 5.74) is 1.48. The molecule has 0 bridgehead atoms. The van der Waals surface area contributed by atoms with Crippen LogP contribution in [0.5, 0.6) is 11.5 Å². The fourth-order valence-electron chi connectivity index (χ4n) is 4.05. The molecule has 10 nitrogen and oxygen atoms in total. The molecule has 202 valence electrons. The highest BCUT2D eigenvalue weighted by molar-refractivity contribution is 7.92. The van der Waals surface area contributed by atoms with E-state index < -0.39 is 15.9 Å². The molecule has 0 aliphatic carbocycles. The van der Waals surface area contributed by atoms with Crippen LogP contribution in [0.15, 0.2) is 76.6 Å².